The molecule has 0 radical (unpaired) electrons. The molecule has 0 unspecified atom stereocenters. The third kappa shape index (κ3) is 2.99. The number of benzene rings is 1. The Balaban J connectivity index is 2.32. The molecule has 19 heavy (non-hydrogen) atoms. The van der Waals surface area contributed by atoms with Crippen molar-refractivity contribution in [1.82, 2.24) is 5.43 Å². The Bertz CT molecular complexity index is 612. The highest BCUT2D eigenvalue weighted by Crippen LogP contribution is 2.19. The zero-order valence-electron chi connectivity index (χ0n) is 10.5. The van der Waals surface area contributed by atoms with Crippen molar-refractivity contribution in [3.05, 3.63) is 29.3 Å². The van der Waals surface area contributed by atoms with Gasteiger partial charge in [0.05, 0.1) is 11.4 Å². The quantitative estimate of drug-likeness (QED) is 0.780. The molecule has 1 heterocycles. The van der Waals surface area contributed by atoms with Crippen molar-refractivity contribution in [2.45, 2.75) is 19.8 Å². The fraction of sp³-hybridized carbons (Fsp3) is 0.214. The fourth-order valence-electron chi connectivity index (χ4n) is 1.82. The largest absolute Gasteiger partial charge is 0.325 e. The molecule has 2 rings (SSSR count). The highest BCUT2D eigenvalue weighted by Gasteiger charge is 2.14. The first-order valence-corrected chi connectivity index (χ1v) is 5.84. The van der Waals surface area contributed by atoms with E-state index in [-0.39, 0.29) is 11.8 Å². The molecule has 0 fully saturated rings. The molecule has 0 atom stereocenters. The molecule has 5 heteroatoms. The Morgan fingerprint density at radius 3 is 2.84 bits per heavy atom. The third-order valence-corrected chi connectivity index (χ3v) is 2.72. The topological polar surface area (TPSA) is 70.6 Å². The van der Waals surface area contributed by atoms with Crippen molar-refractivity contribution >= 4 is 23.2 Å². The van der Waals surface area contributed by atoms with Gasteiger partial charge in [-0.25, -0.2) is 5.43 Å². The molecule has 1 aliphatic heterocycles. The summed E-state index contributed by atoms with van der Waals surface area (Å²) in [7, 11) is 0. The number of nitrogens with one attached hydrogen (secondary N) is 2. The van der Waals surface area contributed by atoms with Gasteiger partial charge in [0.25, 0.3) is 0 Å². The smallest absolute Gasteiger partial charge is 0.240 e. The van der Waals surface area contributed by atoms with E-state index in [0.717, 1.165) is 11.3 Å². The van der Waals surface area contributed by atoms with Crippen molar-refractivity contribution in [2.75, 3.05) is 5.32 Å². The van der Waals surface area contributed by atoms with Crippen LogP contribution < -0.4 is 10.7 Å². The second kappa shape index (κ2) is 5.36. The highest BCUT2D eigenvalue weighted by molar-refractivity contribution is 6.05. The molecular formula is C14H13N3O2. The average molecular weight is 255 g/mol. The Kier molecular flexibility index (Phi) is 3.62. The van der Waals surface area contributed by atoms with E-state index in [1.165, 1.54) is 6.92 Å². The molecule has 0 saturated carbocycles. The monoisotopic (exact) mass is 255 g/mol. The molecule has 2 N–H and O–H groups in total. The summed E-state index contributed by atoms with van der Waals surface area (Å²) < 4.78 is 0. The molecule has 1 aromatic carbocycles. The minimum atomic E-state index is -0.175. The maximum atomic E-state index is 11.1. The normalized spacial score (nSPS) is 14.1. The maximum Gasteiger partial charge on any atom is 0.240 e. The number of carbonyl (C=O) groups is 2. The van der Waals surface area contributed by atoms with Gasteiger partial charge in [-0.2, -0.15) is 5.10 Å². The molecule has 0 aliphatic carbocycles. The minimum absolute atomic E-state index is 0.0872. The first-order valence-electron chi connectivity index (χ1n) is 5.84. The van der Waals surface area contributed by atoms with Gasteiger partial charge in [0.2, 0.25) is 11.8 Å². The number of hydrazone groups is 1. The highest BCUT2D eigenvalue weighted by atomic mass is 16.2. The van der Waals surface area contributed by atoms with E-state index in [2.05, 4.69) is 21.8 Å². The van der Waals surface area contributed by atoms with Crippen molar-refractivity contribution < 1.29 is 9.59 Å². The van der Waals surface area contributed by atoms with Gasteiger partial charge in [-0.15, -0.1) is 6.42 Å². The van der Waals surface area contributed by atoms with E-state index in [1.54, 1.807) is 12.1 Å². The van der Waals surface area contributed by atoms with Gasteiger partial charge in [0.1, 0.15) is 0 Å². The Labute approximate surface area is 111 Å². The lowest BCUT2D eigenvalue weighted by Gasteiger charge is -2.13. The fourth-order valence-corrected chi connectivity index (χ4v) is 1.82. The third-order valence-electron chi connectivity index (χ3n) is 2.72. The van der Waals surface area contributed by atoms with Crippen molar-refractivity contribution in [1.29, 1.82) is 0 Å². The van der Waals surface area contributed by atoms with Gasteiger partial charge in [-0.3, -0.25) is 9.59 Å². The molecule has 1 aromatic rings. The summed E-state index contributed by atoms with van der Waals surface area (Å²) in [5.74, 6) is 2.27. The SMILES string of the molecule is C#Cc1cc(C2=NNC(=O)CC2)ccc1NC(C)=O. The first kappa shape index (κ1) is 12.8. The molecular weight excluding hydrogens is 242 g/mol. The van der Waals surface area contributed by atoms with Gasteiger partial charge in [-0.1, -0.05) is 12.0 Å². The zero-order valence-corrected chi connectivity index (χ0v) is 10.5. The number of hydrogen-bond donors (Lipinski definition) is 2. The van der Waals surface area contributed by atoms with E-state index >= 15 is 0 Å². The van der Waals surface area contributed by atoms with E-state index in [0.29, 0.717) is 24.1 Å². The van der Waals surface area contributed by atoms with Crippen molar-refractivity contribution in [3.8, 4) is 12.3 Å². The lowest BCUT2D eigenvalue weighted by atomic mass is 10.0. The van der Waals surface area contributed by atoms with Crippen LogP contribution in [0.25, 0.3) is 0 Å². The van der Waals surface area contributed by atoms with Gasteiger partial charge in [-0.05, 0) is 17.7 Å². The average Bonchev–Trinajstić information content (AvgIpc) is 2.39. The van der Waals surface area contributed by atoms with E-state index in [1.807, 2.05) is 6.07 Å². The summed E-state index contributed by atoms with van der Waals surface area (Å²) in [6, 6.07) is 5.34. The molecule has 1 aliphatic rings. The van der Waals surface area contributed by atoms with Crippen LogP contribution in [0.4, 0.5) is 5.69 Å². The van der Waals surface area contributed by atoms with Crippen LogP contribution in [-0.4, -0.2) is 17.5 Å². The van der Waals surface area contributed by atoms with Crippen LogP contribution in [0.2, 0.25) is 0 Å². The molecule has 0 spiro atoms. The summed E-state index contributed by atoms with van der Waals surface area (Å²) in [5.41, 5.74) is 5.26. The molecule has 0 saturated heterocycles. The molecule has 5 nitrogen and oxygen atoms in total. The van der Waals surface area contributed by atoms with Crippen LogP contribution in [0.15, 0.2) is 23.3 Å². The predicted molar refractivity (Wildman–Crippen MR) is 72.6 cm³/mol. The number of carbonyl (C=O) groups excluding carboxylic acids is 2. The van der Waals surface area contributed by atoms with Crippen molar-refractivity contribution in [3.63, 3.8) is 0 Å². The standard InChI is InChI=1S/C14H13N3O2/c1-3-10-8-11(4-5-12(10)15-9(2)18)13-6-7-14(19)17-16-13/h1,4-5,8H,6-7H2,2H3,(H,15,18)(H,17,19). The van der Waals surface area contributed by atoms with E-state index in [9.17, 15) is 9.59 Å². The van der Waals surface area contributed by atoms with Crippen LogP contribution in [0.3, 0.4) is 0 Å². The summed E-state index contributed by atoms with van der Waals surface area (Å²) in [5, 5.41) is 6.68. The number of hydrogen-bond acceptors (Lipinski definition) is 3. The van der Waals surface area contributed by atoms with Crippen molar-refractivity contribution in [2.24, 2.45) is 5.10 Å². The lowest BCUT2D eigenvalue weighted by Crippen LogP contribution is -2.26. The molecule has 96 valence electrons. The Morgan fingerprint density at radius 1 is 1.47 bits per heavy atom. The second-order valence-electron chi connectivity index (χ2n) is 4.18. The number of nitrogens with zero attached hydrogens (tertiary/aromatic N) is 1. The van der Waals surface area contributed by atoms with Crippen LogP contribution >= 0.6 is 0 Å². The van der Waals surface area contributed by atoms with E-state index in [4.69, 9.17) is 6.42 Å². The molecule has 0 bridgehead atoms. The van der Waals surface area contributed by atoms with Crippen LogP contribution in [0, 0.1) is 12.3 Å². The summed E-state index contributed by atoms with van der Waals surface area (Å²) >= 11 is 0. The van der Waals surface area contributed by atoms with Crippen LogP contribution in [0.1, 0.15) is 30.9 Å². The van der Waals surface area contributed by atoms with Gasteiger partial charge < -0.3 is 5.32 Å². The van der Waals surface area contributed by atoms with Gasteiger partial charge in [0, 0.05) is 25.3 Å². The second-order valence-corrected chi connectivity index (χ2v) is 4.18. The Morgan fingerprint density at radius 2 is 2.26 bits per heavy atom. The van der Waals surface area contributed by atoms with Gasteiger partial charge >= 0.3 is 0 Å². The number of anilines is 1. The number of amides is 2. The van der Waals surface area contributed by atoms with Gasteiger partial charge in [0.15, 0.2) is 0 Å². The summed E-state index contributed by atoms with van der Waals surface area (Å²) in [4.78, 5) is 22.1. The lowest BCUT2D eigenvalue weighted by molar-refractivity contribution is -0.121. The minimum Gasteiger partial charge on any atom is -0.325 e. The molecule has 2 amide bonds. The zero-order chi connectivity index (χ0) is 13.8. The van der Waals surface area contributed by atoms with E-state index < -0.39 is 0 Å². The van der Waals surface area contributed by atoms with Crippen LogP contribution in [-0.2, 0) is 9.59 Å². The Hall–Kier alpha value is -2.61. The maximum absolute atomic E-state index is 11.1. The molecule has 0 aromatic heterocycles. The van der Waals surface area contributed by atoms with Crippen LogP contribution in [0.5, 0.6) is 0 Å². The number of rotatable bonds is 2. The number of terminal acetylenes is 1. The first-order chi connectivity index (χ1) is 9.10. The summed E-state index contributed by atoms with van der Waals surface area (Å²) in [6.45, 7) is 1.43. The predicted octanol–water partition coefficient (Wildman–Crippen LogP) is 1.24. The summed E-state index contributed by atoms with van der Waals surface area (Å²) in [6.07, 6.45) is 6.43.